The van der Waals surface area contributed by atoms with E-state index in [1.165, 1.54) is 40.2 Å². The molecule has 0 aliphatic rings. The predicted molar refractivity (Wildman–Crippen MR) is 104 cm³/mol. The Morgan fingerprint density at radius 2 is 1.65 bits per heavy atom. The van der Waals surface area contributed by atoms with E-state index in [9.17, 15) is 13.2 Å². The average Bonchev–Trinajstić information content (AvgIpc) is 2.62. The summed E-state index contributed by atoms with van der Waals surface area (Å²) in [6.45, 7) is 2.74. The van der Waals surface area contributed by atoms with Crippen LogP contribution >= 0.6 is 15.9 Å². The van der Waals surface area contributed by atoms with Crippen molar-refractivity contribution in [3.05, 3.63) is 46.9 Å². The first kappa shape index (κ1) is 20.3. The van der Waals surface area contributed by atoms with Crippen LogP contribution in [-0.2, 0) is 14.6 Å². The number of methoxy groups -OCH3 is 2. The standard InChI is InChI=1S/C18H20BrNO5S/c1-18(2,26(22,23)14-8-5-12(19)6-9-14)17(21)20-15-10-7-13(24-3)11-16(15)25-4/h5-11H,1-4H3,(H,20,21). The van der Waals surface area contributed by atoms with E-state index >= 15 is 0 Å². The maximum Gasteiger partial charge on any atom is 0.245 e. The molecule has 0 atom stereocenters. The molecule has 0 saturated heterocycles. The van der Waals surface area contributed by atoms with Crippen LogP contribution in [0.2, 0.25) is 0 Å². The van der Waals surface area contributed by atoms with Crippen molar-refractivity contribution < 1.29 is 22.7 Å². The summed E-state index contributed by atoms with van der Waals surface area (Å²) in [5.41, 5.74) is 0.359. The molecule has 140 valence electrons. The quantitative estimate of drug-likeness (QED) is 0.739. The van der Waals surface area contributed by atoms with E-state index in [-0.39, 0.29) is 4.90 Å². The van der Waals surface area contributed by atoms with Crippen molar-refractivity contribution in [1.82, 2.24) is 0 Å². The number of ether oxygens (including phenoxy) is 2. The summed E-state index contributed by atoms with van der Waals surface area (Å²) in [4.78, 5) is 12.8. The van der Waals surface area contributed by atoms with Gasteiger partial charge in [0, 0.05) is 10.5 Å². The predicted octanol–water partition coefficient (Wildman–Crippen LogP) is 3.66. The maximum atomic E-state index is 12.9. The number of carbonyl (C=O) groups excluding carboxylic acids is 1. The maximum absolute atomic E-state index is 12.9. The lowest BCUT2D eigenvalue weighted by Crippen LogP contribution is -2.44. The molecule has 0 heterocycles. The Labute approximate surface area is 161 Å². The molecule has 0 aliphatic heterocycles. The van der Waals surface area contributed by atoms with Gasteiger partial charge < -0.3 is 14.8 Å². The number of anilines is 1. The van der Waals surface area contributed by atoms with E-state index in [1.54, 1.807) is 30.3 Å². The number of sulfone groups is 1. The molecule has 0 saturated carbocycles. The van der Waals surface area contributed by atoms with Crippen molar-refractivity contribution >= 4 is 37.4 Å². The van der Waals surface area contributed by atoms with Crippen molar-refractivity contribution in [2.45, 2.75) is 23.5 Å². The Morgan fingerprint density at radius 1 is 1.04 bits per heavy atom. The van der Waals surface area contributed by atoms with Crippen LogP contribution < -0.4 is 14.8 Å². The number of hydrogen-bond donors (Lipinski definition) is 1. The molecule has 1 N–H and O–H groups in total. The second-order valence-electron chi connectivity index (χ2n) is 5.99. The van der Waals surface area contributed by atoms with Crippen LogP contribution in [0, 0.1) is 0 Å². The normalized spacial score (nSPS) is 11.7. The second-order valence-corrected chi connectivity index (χ2v) is 9.40. The molecule has 2 aromatic carbocycles. The number of amides is 1. The Kier molecular flexibility index (Phi) is 5.98. The average molecular weight is 442 g/mol. The Balaban J connectivity index is 2.34. The highest BCUT2D eigenvalue weighted by Crippen LogP contribution is 2.32. The van der Waals surface area contributed by atoms with Gasteiger partial charge in [0.1, 0.15) is 16.2 Å². The largest absolute Gasteiger partial charge is 0.497 e. The van der Waals surface area contributed by atoms with Gasteiger partial charge in [0.15, 0.2) is 9.84 Å². The highest BCUT2D eigenvalue weighted by Gasteiger charge is 2.43. The van der Waals surface area contributed by atoms with Crippen LogP contribution in [0.5, 0.6) is 11.5 Å². The Hall–Kier alpha value is -2.06. The van der Waals surface area contributed by atoms with Crippen molar-refractivity contribution in [2.75, 3.05) is 19.5 Å². The molecule has 0 radical (unpaired) electrons. The zero-order valence-corrected chi connectivity index (χ0v) is 17.3. The van der Waals surface area contributed by atoms with Crippen molar-refractivity contribution in [2.24, 2.45) is 0 Å². The van der Waals surface area contributed by atoms with Crippen LogP contribution in [0.25, 0.3) is 0 Å². The van der Waals surface area contributed by atoms with Gasteiger partial charge in [0.25, 0.3) is 0 Å². The Morgan fingerprint density at radius 3 is 2.19 bits per heavy atom. The molecular formula is C18H20BrNO5S. The molecule has 2 rings (SSSR count). The molecule has 2 aromatic rings. The lowest BCUT2D eigenvalue weighted by atomic mass is 10.2. The fraction of sp³-hybridized carbons (Fsp3) is 0.278. The molecule has 0 fully saturated rings. The van der Waals surface area contributed by atoms with E-state index in [1.807, 2.05) is 0 Å². The molecule has 0 bridgehead atoms. The highest BCUT2D eigenvalue weighted by atomic mass is 79.9. The Bertz CT molecular complexity index is 908. The molecule has 0 unspecified atom stereocenters. The van der Waals surface area contributed by atoms with Gasteiger partial charge in [-0.2, -0.15) is 0 Å². The molecule has 1 amide bonds. The van der Waals surface area contributed by atoms with E-state index in [4.69, 9.17) is 9.47 Å². The minimum Gasteiger partial charge on any atom is -0.497 e. The van der Waals surface area contributed by atoms with E-state index < -0.39 is 20.5 Å². The third-order valence-electron chi connectivity index (χ3n) is 4.00. The smallest absolute Gasteiger partial charge is 0.245 e. The SMILES string of the molecule is COc1ccc(NC(=O)C(C)(C)S(=O)(=O)c2ccc(Br)cc2)c(OC)c1. The summed E-state index contributed by atoms with van der Waals surface area (Å²) in [7, 11) is -0.938. The fourth-order valence-corrected chi connectivity index (χ4v) is 3.85. The lowest BCUT2D eigenvalue weighted by Gasteiger charge is -2.24. The number of halogens is 1. The molecule has 0 spiro atoms. The molecule has 0 aliphatic carbocycles. The topological polar surface area (TPSA) is 81.7 Å². The van der Waals surface area contributed by atoms with Crippen LogP contribution in [0.3, 0.4) is 0 Å². The molecule has 0 aromatic heterocycles. The van der Waals surface area contributed by atoms with Crippen molar-refractivity contribution in [3.8, 4) is 11.5 Å². The number of rotatable bonds is 6. The van der Waals surface area contributed by atoms with Crippen LogP contribution in [0.1, 0.15) is 13.8 Å². The minimum absolute atomic E-state index is 0.0718. The first-order valence-corrected chi connectivity index (χ1v) is 9.94. The molecule has 8 heteroatoms. The van der Waals surface area contributed by atoms with E-state index in [0.29, 0.717) is 17.2 Å². The molecular weight excluding hydrogens is 422 g/mol. The van der Waals surface area contributed by atoms with E-state index in [2.05, 4.69) is 21.2 Å². The van der Waals surface area contributed by atoms with Gasteiger partial charge in [-0.1, -0.05) is 15.9 Å². The van der Waals surface area contributed by atoms with Gasteiger partial charge >= 0.3 is 0 Å². The van der Waals surface area contributed by atoms with Crippen molar-refractivity contribution in [3.63, 3.8) is 0 Å². The van der Waals surface area contributed by atoms with Crippen LogP contribution in [0.4, 0.5) is 5.69 Å². The van der Waals surface area contributed by atoms with Gasteiger partial charge in [-0.15, -0.1) is 0 Å². The lowest BCUT2D eigenvalue weighted by molar-refractivity contribution is -0.117. The van der Waals surface area contributed by atoms with Gasteiger partial charge in [-0.3, -0.25) is 4.79 Å². The van der Waals surface area contributed by atoms with E-state index in [0.717, 1.165) is 4.47 Å². The second kappa shape index (κ2) is 7.67. The monoisotopic (exact) mass is 441 g/mol. The number of hydrogen-bond acceptors (Lipinski definition) is 5. The summed E-state index contributed by atoms with van der Waals surface area (Å²) in [6.07, 6.45) is 0. The zero-order chi connectivity index (χ0) is 19.5. The summed E-state index contributed by atoms with van der Waals surface area (Å²) >= 11 is 3.27. The third kappa shape index (κ3) is 3.86. The zero-order valence-electron chi connectivity index (χ0n) is 14.9. The van der Waals surface area contributed by atoms with Crippen LogP contribution in [-0.4, -0.2) is 33.3 Å². The molecule has 26 heavy (non-hydrogen) atoms. The minimum atomic E-state index is -3.91. The number of nitrogens with one attached hydrogen (secondary N) is 1. The summed E-state index contributed by atoms with van der Waals surface area (Å²) < 4.78 is 35.3. The van der Waals surface area contributed by atoms with Crippen molar-refractivity contribution in [1.29, 1.82) is 0 Å². The van der Waals surface area contributed by atoms with Gasteiger partial charge in [0.2, 0.25) is 5.91 Å². The highest BCUT2D eigenvalue weighted by molar-refractivity contribution is 9.10. The number of benzene rings is 2. The summed E-state index contributed by atoms with van der Waals surface area (Å²) in [5.74, 6) is 0.264. The number of carbonyl (C=O) groups is 1. The molecule has 6 nitrogen and oxygen atoms in total. The van der Waals surface area contributed by atoms with Gasteiger partial charge in [-0.05, 0) is 50.2 Å². The van der Waals surface area contributed by atoms with Gasteiger partial charge in [-0.25, -0.2) is 8.42 Å². The first-order valence-electron chi connectivity index (χ1n) is 7.67. The summed E-state index contributed by atoms with van der Waals surface area (Å²) in [5, 5.41) is 2.63. The van der Waals surface area contributed by atoms with Crippen LogP contribution in [0.15, 0.2) is 51.8 Å². The fourth-order valence-electron chi connectivity index (χ4n) is 2.21. The summed E-state index contributed by atoms with van der Waals surface area (Å²) in [6, 6.07) is 11.0. The van der Waals surface area contributed by atoms with Gasteiger partial charge in [0.05, 0.1) is 24.8 Å². The third-order valence-corrected chi connectivity index (χ3v) is 6.95. The first-order chi connectivity index (χ1) is 12.1.